The minimum absolute atomic E-state index is 0.0730. The highest BCUT2D eigenvalue weighted by molar-refractivity contribution is 7.91. The molecule has 2 heterocycles. The molecule has 1 aromatic heterocycles. The summed E-state index contributed by atoms with van der Waals surface area (Å²) in [6, 6.07) is 0.351. The maximum absolute atomic E-state index is 12.6. The lowest BCUT2D eigenvalue weighted by atomic mass is 10.3. The topological polar surface area (TPSA) is 67.6 Å². The van der Waals surface area contributed by atoms with Crippen molar-refractivity contribution in [1.29, 1.82) is 0 Å². The molecular formula is C14H20N4O2S. The molecule has 21 heavy (non-hydrogen) atoms. The Morgan fingerprint density at radius 3 is 2.71 bits per heavy atom. The van der Waals surface area contributed by atoms with E-state index in [9.17, 15) is 8.42 Å². The smallest absolute Gasteiger partial charge is 0.200 e. The number of hydrogen-bond acceptors (Lipinski definition) is 5. The van der Waals surface area contributed by atoms with Crippen LogP contribution in [0.2, 0.25) is 0 Å². The third kappa shape index (κ3) is 3.02. The second-order valence-electron chi connectivity index (χ2n) is 5.99. The zero-order valence-electron chi connectivity index (χ0n) is 12.3. The fourth-order valence-electron chi connectivity index (χ4n) is 2.37. The van der Waals surface area contributed by atoms with Crippen molar-refractivity contribution < 1.29 is 8.42 Å². The lowest BCUT2D eigenvalue weighted by molar-refractivity contribution is 0.567. The summed E-state index contributed by atoms with van der Waals surface area (Å²) in [6.07, 6.45) is 9.34. The number of aliphatic imine (C=N–C) groups is 1. The van der Waals surface area contributed by atoms with Crippen LogP contribution in [0.15, 0.2) is 28.5 Å². The molecule has 0 radical (unpaired) electrons. The molecule has 1 aliphatic carbocycles. The van der Waals surface area contributed by atoms with Crippen molar-refractivity contribution in [1.82, 2.24) is 9.78 Å². The molecular weight excluding hydrogens is 288 g/mol. The van der Waals surface area contributed by atoms with Gasteiger partial charge in [0.2, 0.25) is 5.03 Å². The van der Waals surface area contributed by atoms with Gasteiger partial charge in [0.05, 0.1) is 18.0 Å². The predicted octanol–water partition coefficient (Wildman–Crippen LogP) is 2.01. The molecule has 114 valence electrons. The molecule has 0 spiro atoms. The number of allylic oxidation sites excluding steroid dienone is 1. The summed E-state index contributed by atoms with van der Waals surface area (Å²) in [5.41, 5.74) is 0.635. The summed E-state index contributed by atoms with van der Waals surface area (Å²) >= 11 is 0. The van der Waals surface area contributed by atoms with Crippen molar-refractivity contribution in [3.63, 3.8) is 0 Å². The van der Waals surface area contributed by atoms with Gasteiger partial charge in [0.15, 0.2) is 9.84 Å². The molecule has 0 saturated heterocycles. The van der Waals surface area contributed by atoms with E-state index in [1.54, 1.807) is 17.0 Å². The van der Waals surface area contributed by atoms with Crippen LogP contribution in [-0.2, 0) is 9.84 Å². The van der Waals surface area contributed by atoms with Gasteiger partial charge in [0.25, 0.3) is 0 Å². The normalized spacial score (nSPS) is 18.7. The zero-order valence-corrected chi connectivity index (χ0v) is 13.1. The molecule has 6 nitrogen and oxygen atoms in total. The Kier molecular flexibility index (Phi) is 3.61. The highest BCUT2D eigenvalue weighted by Gasteiger charge is 2.31. The van der Waals surface area contributed by atoms with Gasteiger partial charge in [-0.25, -0.2) is 8.42 Å². The predicted molar refractivity (Wildman–Crippen MR) is 82.4 cm³/mol. The van der Waals surface area contributed by atoms with Crippen LogP contribution in [0.1, 0.15) is 32.7 Å². The number of hydrogen-bond donors (Lipinski definition) is 0. The first kappa shape index (κ1) is 14.3. The Hall–Kier alpha value is -1.63. The molecule has 0 aromatic carbocycles. The van der Waals surface area contributed by atoms with Crippen LogP contribution < -0.4 is 4.90 Å². The maximum atomic E-state index is 12.6. The van der Waals surface area contributed by atoms with E-state index < -0.39 is 9.84 Å². The molecule has 1 aliphatic heterocycles. The Morgan fingerprint density at radius 2 is 2.14 bits per heavy atom. The summed E-state index contributed by atoms with van der Waals surface area (Å²) in [4.78, 5) is 6.00. The number of sulfone groups is 1. The fourth-order valence-corrected chi connectivity index (χ4v) is 4.11. The Bertz CT molecular complexity index is 684. The van der Waals surface area contributed by atoms with Crippen LogP contribution in [-0.4, -0.2) is 36.8 Å². The van der Waals surface area contributed by atoms with Crippen LogP contribution in [0, 0.1) is 5.92 Å². The quantitative estimate of drug-likeness (QED) is 0.834. The molecule has 0 unspecified atom stereocenters. The fraction of sp³-hybridized carbons (Fsp3) is 0.571. The average Bonchev–Trinajstić information content (AvgIpc) is 3.17. The van der Waals surface area contributed by atoms with E-state index in [2.05, 4.69) is 10.1 Å². The van der Waals surface area contributed by atoms with Gasteiger partial charge in [-0.05, 0) is 24.8 Å². The standard InChI is InChI=1S/C14H20N4O2S/c1-11(2)9-21(19,20)14-13(17-7-3-6-15-10-17)8-18(16-14)12-4-5-12/h3,6-8,11-12H,4-5,9-10H2,1-2H3. The van der Waals surface area contributed by atoms with Crippen molar-refractivity contribution in [3.8, 4) is 0 Å². The summed E-state index contributed by atoms with van der Waals surface area (Å²) in [5.74, 6) is 0.187. The van der Waals surface area contributed by atoms with Crippen molar-refractivity contribution in [2.24, 2.45) is 10.9 Å². The largest absolute Gasteiger partial charge is 0.324 e. The maximum Gasteiger partial charge on any atom is 0.200 e. The van der Waals surface area contributed by atoms with Crippen LogP contribution in [0.5, 0.6) is 0 Å². The van der Waals surface area contributed by atoms with Gasteiger partial charge in [-0.3, -0.25) is 9.67 Å². The summed E-state index contributed by atoms with van der Waals surface area (Å²) in [7, 11) is -3.38. The molecule has 0 atom stereocenters. The number of anilines is 1. The summed E-state index contributed by atoms with van der Waals surface area (Å²) in [5, 5.41) is 4.56. The highest BCUT2D eigenvalue weighted by atomic mass is 32.2. The molecule has 7 heteroatoms. The molecule has 1 fully saturated rings. The molecule has 0 N–H and O–H groups in total. The highest BCUT2D eigenvalue weighted by Crippen LogP contribution is 2.37. The second kappa shape index (κ2) is 5.29. The van der Waals surface area contributed by atoms with Gasteiger partial charge in [-0.1, -0.05) is 13.8 Å². The molecule has 2 aliphatic rings. The van der Waals surface area contributed by atoms with E-state index in [1.165, 1.54) is 0 Å². The van der Waals surface area contributed by atoms with Gasteiger partial charge in [0, 0.05) is 12.4 Å². The van der Waals surface area contributed by atoms with Crippen LogP contribution >= 0.6 is 0 Å². The zero-order chi connectivity index (χ0) is 15.0. The Morgan fingerprint density at radius 1 is 1.38 bits per heavy atom. The third-order valence-corrected chi connectivity index (χ3v) is 5.43. The average molecular weight is 308 g/mol. The first-order valence-corrected chi connectivity index (χ1v) is 8.88. The summed E-state index contributed by atoms with van der Waals surface area (Å²) < 4.78 is 27.0. The van der Waals surface area contributed by atoms with Gasteiger partial charge < -0.3 is 4.90 Å². The third-order valence-electron chi connectivity index (χ3n) is 3.45. The van der Waals surface area contributed by atoms with Gasteiger partial charge in [-0.2, -0.15) is 5.10 Å². The Labute approximate surface area is 125 Å². The summed E-state index contributed by atoms with van der Waals surface area (Å²) in [6.45, 7) is 4.23. The molecule has 0 amide bonds. The van der Waals surface area contributed by atoms with Crippen molar-refractivity contribution in [2.75, 3.05) is 17.3 Å². The van der Waals surface area contributed by atoms with Crippen LogP contribution in [0.25, 0.3) is 0 Å². The van der Waals surface area contributed by atoms with E-state index in [1.807, 2.05) is 31.1 Å². The van der Waals surface area contributed by atoms with Crippen molar-refractivity contribution in [3.05, 3.63) is 18.5 Å². The van der Waals surface area contributed by atoms with Gasteiger partial charge in [0.1, 0.15) is 12.4 Å². The number of rotatable bonds is 5. The molecule has 3 rings (SSSR count). The van der Waals surface area contributed by atoms with E-state index in [-0.39, 0.29) is 16.7 Å². The molecule has 1 aromatic rings. The minimum atomic E-state index is -3.38. The number of aromatic nitrogens is 2. The van der Waals surface area contributed by atoms with E-state index in [0.717, 1.165) is 12.8 Å². The monoisotopic (exact) mass is 308 g/mol. The Balaban J connectivity index is 2.01. The second-order valence-corrected chi connectivity index (χ2v) is 7.94. The van der Waals surface area contributed by atoms with E-state index in [0.29, 0.717) is 18.4 Å². The van der Waals surface area contributed by atoms with Gasteiger partial charge >= 0.3 is 0 Å². The SMILES string of the molecule is CC(C)CS(=O)(=O)c1nn(C2CC2)cc1N1C=CC=NC1. The molecule has 0 bridgehead atoms. The van der Waals surface area contributed by atoms with Crippen molar-refractivity contribution in [2.45, 2.75) is 37.8 Å². The van der Waals surface area contributed by atoms with Gasteiger partial charge in [-0.15, -0.1) is 0 Å². The lowest BCUT2D eigenvalue weighted by Gasteiger charge is -2.19. The number of nitrogens with zero attached hydrogens (tertiary/aromatic N) is 4. The molecule has 1 saturated carbocycles. The lowest BCUT2D eigenvalue weighted by Crippen LogP contribution is -2.21. The first-order chi connectivity index (χ1) is 9.97. The van der Waals surface area contributed by atoms with Crippen LogP contribution in [0.3, 0.4) is 0 Å². The van der Waals surface area contributed by atoms with Crippen LogP contribution in [0.4, 0.5) is 5.69 Å². The van der Waals surface area contributed by atoms with E-state index >= 15 is 0 Å². The van der Waals surface area contributed by atoms with Crippen molar-refractivity contribution >= 4 is 21.7 Å². The minimum Gasteiger partial charge on any atom is -0.324 e. The first-order valence-electron chi connectivity index (χ1n) is 7.22. The van der Waals surface area contributed by atoms with E-state index in [4.69, 9.17) is 0 Å².